The van der Waals surface area contributed by atoms with E-state index in [1.165, 1.54) is 11.3 Å². The number of methoxy groups -OCH3 is 1. The van der Waals surface area contributed by atoms with Crippen molar-refractivity contribution in [3.05, 3.63) is 47.5 Å². The van der Waals surface area contributed by atoms with E-state index in [1.54, 1.807) is 7.11 Å². The van der Waals surface area contributed by atoms with E-state index in [0.29, 0.717) is 5.56 Å². The number of nitrogens with one attached hydrogen (secondary N) is 1. The van der Waals surface area contributed by atoms with Crippen LogP contribution in [0.5, 0.6) is 5.75 Å². The molecular formula is C16H13N3OS. The highest BCUT2D eigenvalue weighted by molar-refractivity contribution is 7.22. The standard InChI is InChI=1S/C16H13N3OS/c1-10-3-5-13(11(7-10)9-17)18-16-19-14-6-4-12(20-2)8-15(14)21-16/h3-8H,1-2H3,(H,18,19). The first-order chi connectivity index (χ1) is 10.2. The van der Waals surface area contributed by atoms with E-state index in [0.717, 1.165) is 32.3 Å². The van der Waals surface area contributed by atoms with Crippen molar-refractivity contribution in [1.82, 2.24) is 4.98 Å². The molecule has 3 aromatic rings. The third-order valence-electron chi connectivity index (χ3n) is 3.13. The molecule has 104 valence electrons. The molecule has 1 N–H and O–H groups in total. The molecular weight excluding hydrogens is 282 g/mol. The lowest BCUT2D eigenvalue weighted by molar-refractivity contribution is 0.415. The minimum absolute atomic E-state index is 0.617. The first kappa shape index (κ1) is 13.4. The van der Waals surface area contributed by atoms with E-state index in [-0.39, 0.29) is 0 Å². The van der Waals surface area contributed by atoms with Crippen LogP contribution < -0.4 is 10.1 Å². The van der Waals surface area contributed by atoms with Gasteiger partial charge < -0.3 is 10.1 Å². The van der Waals surface area contributed by atoms with Crippen molar-refractivity contribution in [2.45, 2.75) is 6.92 Å². The predicted octanol–water partition coefficient (Wildman–Crippen LogP) is 4.23. The van der Waals surface area contributed by atoms with Crippen molar-refractivity contribution in [3.63, 3.8) is 0 Å². The van der Waals surface area contributed by atoms with Crippen molar-refractivity contribution < 1.29 is 4.74 Å². The van der Waals surface area contributed by atoms with Gasteiger partial charge in [0.15, 0.2) is 5.13 Å². The van der Waals surface area contributed by atoms with E-state index in [4.69, 9.17) is 4.74 Å². The highest BCUT2D eigenvalue weighted by Gasteiger charge is 2.08. The Labute approximate surface area is 126 Å². The van der Waals surface area contributed by atoms with Crippen LogP contribution in [0.2, 0.25) is 0 Å². The Hall–Kier alpha value is -2.58. The highest BCUT2D eigenvalue weighted by Crippen LogP contribution is 2.31. The van der Waals surface area contributed by atoms with Crippen LogP contribution in [0.1, 0.15) is 11.1 Å². The second-order valence-electron chi connectivity index (χ2n) is 4.64. The van der Waals surface area contributed by atoms with Gasteiger partial charge in [-0.3, -0.25) is 0 Å². The van der Waals surface area contributed by atoms with Gasteiger partial charge in [0.2, 0.25) is 0 Å². The monoisotopic (exact) mass is 295 g/mol. The molecule has 0 saturated heterocycles. The molecule has 0 bridgehead atoms. The minimum Gasteiger partial charge on any atom is -0.497 e. The number of rotatable bonds is 3. The lowest BCUT2D eigenvalue weighted by Crippen LogP contribution is -1.93. The summed E-state index contributed by atoms with van der Waals surface area (Å²) in [4.78, 5) is 4.52. The van der Waals surface area contributed by atoms with Gasteiger partial charge in [-0.2, -0.15) is 5.26 Å². The topological polar surface area (TPSA) is 57.9 Å². The van der Waals surface area contributed by atoms with Crippen LogP contribution >= 0.6 is 11.3 Å². The molecule has 0 aliphatic carbocycles. The summed E-state index contributed by atoms with van der Waals surface area (Å²) in [5.41, 5.74) is 3.36. The van der Waals surface area contributed by atoms with Crippen LogP contribution in [0.4, 0.5) is 10.8 Å². The number of nitrogens with zero attached hydrogens (tertiary/aromatic N) is 2. The Morgan fingerprint density at radius 2 is 2.10 bits per heavy atom. The zero-order valence-corrected chi connectivity index (χ0v) is 12.5. The maximum absolute atomic E-state index is 9.21. The summed E-state index contributed by atoms with van der Waals surface area (Å²) in [6.07, 6.45) is 0. The summed E-state index contributed by atoms with van der Waals surface area (Å²) in [5.74, 6) is 0.811. The van der Waals surface area contributed by atoms with Gasteiger partial charge in [0.1, 0.15) is 11.8 Å². The van der Waals surface area contributed by atoms with E-state index >= 15 is 0 Å². The smallest absolute Gasteiger partial charge is 0.188 e. The molecule has 3 rings (SSSR count). The average Bonchev–Trinajstić information content (AvgIpc) is 2.90. The van der Waals surface area contributed by atoms with Gasteiger partial charge in [0.25, 0.3) is 0 Å². The Kier molecular flexibility index (Phi) is 3.46. The summed E-state index contributed by atoms with van der Waals surface area (Å²) in [6.45, 7) is 1.97. The van der Waals surface area contributed by atoms with Gasteiger partial charge in [0.05, 0.1) is 28.6 Å². The van der Waals surface area contributed by atoms with Crippen molar-refractivity contribution in [3.8, 4) is 11.8 Å². The predicted molar refractivity (Wildman–Crippen MR) is 85.3 cm³/mol. The lowest BCUT2D eigenvalue weighted by atomic mass is 10.1. The number of aromatic nitrogens is 1. The molecule has 0 radical (unpaired) electrons. The van der Waals surface area contributed by atoms with Crippen LogP contribution in [0.25, 0.3) is 10.2 Å². The Balaban J connectivity index is 1.97. The normalized spacial score (nSPS) is 10.3. The molecule has 2 aromatic carbocycles. The zero-order chi connectivity index (χ0) is 14.8. The van der Waals surface area contributed by atoms with Crippen LogP contribution in [-0.4, -0.2) is 12.1 Å². The molecule has 0 aliphatic heterocycles. The molecule has 4 nitrogen and oxygen atoms in total. The number of hydrogen-bond donors (Lipinski definition) is 1. The number of nitriles is 1. The van der Waals surface area contributed by atoms with E-state index in [1.807, 2.05) is 43.3 Å². The molecule has 5 heteroatoms. The molecule has 0 unspecified atom stereocenters. The first-order valence-electron chi connectivity index (χ1n) is 6.42. The van der Waals surface area contributed by atoms with Crippen LogP contribution in [0.15, 0.2) is 36.4 Å². The molecule has 0 spiro atoms. The van der Waals surface area contributed by atoms with E-state index in [2.05, 4.69) is 16.4 Å². The largest absolute Gasteiger partial charge is 0.497 e. The Morgan fingerprint density at radius 1 is 1.24 bits per heavy atom. The summed E-state index contributed by atoms with van der Waals surface area (Å²) in [6, 6.07) is 13.7. The Morgan fingerprint density at radius 3 is 2.86 bits per heavy atom. The molecule has 0 saturated carbocycles. The van der Waals surface area contributed by atoms with Gasteiger partial charge in [-0.1, -0.05) is 17.4 Å². The van der Waals surface area contributed by atoms with Crippen LogP contribution in [0.3, 0.4) is 0 Å². The van der Waals surface area contributed by atoms with Crippen LogP contribution in [0, 0.1) is 18.3 Å². The molecule has 1 heterocycles. The van der Waals surface area contributed by atoms with Gasteiger partial charge in [0, 0.05) is 0 Å². The number of aryl methyl sites for hydroxylation is 1. The van der Waals surface area contributed by atoms with Crippen molar-refractivity contribution in [2.75, 3.05) is 12.4 Å². The number of hydrogen-bond acceptors (Lipinski definition) is 5. The Bertz CT molecular complexity index is 848. The average molecular weight is 295 g/mol. The van der Waals surface area contributed by atoms with E-state index < -0.39 is 0 Å². The number of ether oxygens (including phenoxy) is 1. The maximum atomic E-state index is 9.21. The summed E-state index contributed by atoms with van der Waals surface area (Å²) >= 11 is 1.53. The van der Waals surface area contributed by atoms with Gasteiger partial charge in [-0.05, 0) is 42.8 Å². The van der Waals surface area contributed by atoms with E-state index in [9.17, 15) is 5.26 Å². The molecule has 0 amide bonds. The summed E-state index contributed by atoms with van der Waals surface area (Å²) < 4.78 is 6.26. The van der Waals surface area contributed by atoms with Crippen molar-refractivity contribution >= 4 is 32.4 Å². The fraction of sp³-hybridized carbons (Fsp3) is 0.125. The molecule has 1 aromatic heterocycles. The second-order valence-corrected chi connectivity index (χ2v) is 5.67. The van der Waals surface area contributed by atoms with Gasteiger partial charge in [-0.25, -0.2) is 4.98 Å². The molecule has 0 atom stereocenters. The third kappa shape index (κ3) is 2.67. The SMILES string of the molecule is COc1ccc2nc(Nc3ccc(C)cc3C#N)sc2c1. The second kappa shape index (κ2) is 5.43. The first-order valence-corrected chi connectivity index (χ1v) is 7.23. The minimum atomic E-state index is 0.617. The third-order valence-corrected chi connectivity index (χ3v) is 4.07. The summed E-state index contributed by atoms with van der Waals surface area (Å²) in [7, 11) is 1.65. The number of thiazole rings is 1. The zero-order valence-electron chi connectivity index (χ0n) is 11.7. The van der Waals surface area contributed by atoms with Crippen molar-refractivity contribution in [2.24, 2.45) is 0 Å². The molecule has 0 aliphatic rings. The molecule has 21 heavy (non-hydrogen) atoms. The van der Waals surface area contributed by atoms with Crippen LogP contribution in [-0.2, 0) is 0 Å². The fourth-order valence-corrected chi connectivity index (χ4v) is 2.97. The molecule has 0 fully saturated rings. The van der Waals surface area contributed by atoms with Crippen molar-refractivity contribution in [1.29, 1.82) is 5.26 Å². The summed E-state index contributed by atoms with van der Waals surface area (Å²) in [5, 5.41) is 13.2. The van der Waals surface area contributed by atoms with Gasteiger partial charge >= 0.3 is 0 Å². The highest BCUT2D eigenvalue weighted by atomic mass is 32.1. The van der Waals surface area contributed by atoms with Gasteiger partial charge in [-0.15, -0.1) is 0 Å². The quantitative estimate of drug-likeness (QED) is 0.785. The number of fused-ring (bicyclic) bond motifs is 1. The lowest BCUT2D eigenvalue weighted by Gasteiger charge is -2.05. The maximum Gasteiger partial charge on any atom is 0.188 e. The number of benzene rings is 2. The number of anilines is 2. The fourth-order valence-electron chi connectivity index (χ4n) is 2.06.